The molecule has 1 aliphatic heterocycles. The fourth-order valence-corrected chi connectivity index (χ4v) is 11.5. The van der Waals surface area contributed by atoms with E-state index in [0.717, 1.165) is 5.56 Å². The van der Waals surface area contributed by atoms with Crippen LogP contribution in [0.5, 0.6) is 11.5 Å². The van der Waals surface area contributed by atoms with E-state index >= 15 is 4.57 Å². The van der Waals surface area contributed by atoms with Gasteiger partial charge in [0.15, 0.2) is 27.4 Å². The van der Waals surface area contributed by atoms with Gasteiger partial charge in [-0.15, -0.1) is 0 Å². The maximum Gasteiger partial charge on any atom is 0.338 e. The lowest BCUT2D eigenvalue weighted by atomic mass is 9.98. The summed E-state index contributed by atoms with van der Waals surface area (Å²) in [7, 11) is -2.81. The van der Waals surface area contributed by atoms with Crippen LogP contribution in [0.4, 0.5) is 0 Å². The van der Waals surface area contributed by atoms with Crippen molar-refractivity contribution < 1.29 is 32.7 Å². The summed E-state index contributed by atoms with van der Waals surface area (Å²) in [5.74, 6) is -0.673. The summed E-state index contributed by atoms with van der Waals surface area (Å²) in [5, 5.41) is 1.40. The third-order valence-electron chi connectivity index (χ3n) is 8.91. The minimum Gasteiger partial charge on any atom is -0.497 e. The minimum atomic E-state index is -3.55. The Hall–Kier alpha value is -4.46. The van der Waals surface area contributed by atoms with Gasteiger partial charge < -0.3 is 27.9 Å². The van der Waals surface area contributed by atoms with Crippen molar-refractivity contribution >= 4 is 32.0 Å². The van der Waals surface area contributed by atoms with E-state index in [1.165, 1.54) is 0 Å². The second-order valence-corrected chi connectivity index (χ2v) is 20.7. The molecule has 1 heterocycles. The maximum absolute atomic E-state index is 16.3. The number of methoxy groups -OCH3 is 2. The van der Waals surface area contributed by atoms with Crippen LogP contribution in [0.15, 0.2) is 140 Å². The Morgan fingerprint density at radius 1 is 0.720 bits per heavy atom. The molecule has 4 atom stereocenters. The van der Waals surface area contributed by atoms with Gasteiger partial charge in [0.1, 0.15) is 17.6 Å². The predicted octanol–water partition coefficient (Wildman–Crippen LogP) is 8.48. The zero-order valence-corrected chi connectivity index (χ0v) is 30.9. The Balaban J connectivity index is 1.56. The molecular weight excluding hydrogens is 664 g/mol. The predicted molar refractivity (Wildman–Crippen MR) is 200 cm³/mol. The first-order chi connectivity index (χ1) is 24.1. The lowest BCUT2D eigenvalue weighted by Crippen LogP contribution is -2.49. The Bertz CT molecular complexity index is 1870. The Morgan fingerprint density at radius 3 is 1.68 bits per heavy atom. The smallest absolute Gasteiger partial charge is 0.338 e. The highest BCUT2D eigenvalue weighted by Crippen LogP contribution is 2.63. The fourth-order valence-electron chi connectivity index (χ4n) is 6.71. The fraction of sp³-hybridized carbons (Fsp3) is 0.244. The highest BCUT2D eigenvalue weighted by molar-refractivity contribution is 7.79. The topological polar surface area (TPSA) is 80.3 Å². The number of ether oxygens (including phenoxy) is 4. The summed E-state index contributed by atoms with van der Waals surface area (Å²) in [5.41, 5.74) is 1.15. The van der Waals surface area contributed by atoms with Gasteiger partial charge in [0.05, 0.1) is 25.4 Å². The molecule has 0 N–H and O–H groups in total. The van der Waals surface area contributed by atoms with Crippen LogP contribution in [-0.4, -0.2) is 40.3 Å². The normalized spacial score (nSPS) is 19.8. The van der Waals surface area contributed by atoms with E-state index in [2.05, 4.69) is 19.6 Å². The molecule has 0 saturated carbocycles. The number of hydrogen-bond donors (Lipinski definition) is 0. The Kier molecular flexibility index (Phi) is 10.5. The second kappa shape index (κ2) is 14.8. The van der Waals surface area contributed by atoms with E-state index in [-0.39, 0.29) is 6.42 Å². The van der Waals surface area contributed by atoms with E-state index in [1.807, 2.05) is 115 Å². The molecule has 0 radical (unpaired) electrons. The molecule has 0 aliphatic carbocycles. The first-order valence-corrected chi connectivity index (χ1v) is 21.9. The summed E-state index contributed by atoms with van der Waals surface area (Å²) < 4.78 is 48.1. The Labute approximate surface area is 295 Å². The zero-order chi connectivity index (χ0) is 35.4. The molecule has 1 saturated heterocycles. The molecule has 258 valence electrons. The van der Waals surface area contributed by atoms with Gasteiger partial charge >= 0.3 is 5.97 Å². The third-order valence-corrected chi connectivity index (χ3v) is 13.4. The third kappa shape index (κ3) is 7.21. The molecule has 7 nitrogen and oxygen atoms in total. The summed E-state index contributed by atoms with van der Waals surface area (Å²) in [6.07, 6.45) is -1.31. The van der Waals surface area contributed by atoms with Gasteiger partial charge in [0, 0.05) is 16.2 Å². The van der Waals surface area contributed by atoms with Crippen molar-refractivity contribution in [2.75, 3.05) is 14.2 Å². The van der Waals surface area contributed by atoms with E-state index in [4.69, 9.17) is 23.4 Å². The summed E-state index contributed by atoms with van der Waals surface area (Å²) >= 11 is 0. The van der Waals surface area contributed by atoms with Crippen molar-refractivity contribution in [1.82, 2.24) is 0 Å². The number of hydrogen-bond acceptors (Lipinski definition) is 7. The number of esters is 1. The van der Waals surface area contributed by atoms with Gasteiger partial charge in [-0.1, -0.05) is 91.0 Å². The van der Waals surface area contributed by atoms with Crippen molar-refractivity contribution in [3.8, 4) is 11.5 Å². The number of benzene rings is 5. The van der Waals surface area contributed by atoms with E-state index < -0.39 is 45.1 Å². The molecular formula is C41H43O7PSi. The standard InChI is InChI=1S/C41H43O7PSi/c1-44-33-25-21-31(22-26-33)40(42)46-39(30-15-9-6-10-16-30)37-29-38(49(43,35-17-11-7-12-18-35)36-19-13-8-14-20-36)41(47-37,48-50(3,4)5)32-23-27-34(45-2)28-24-32/h6-28,37-39H,29H2,1-5H3/t37-,38+,39-,41+/m0/s1. The van der Waals surface area contributed by atoms with Crippen LogP contribution < -0.4 is 20.1 Å². The van der Waals surface area contributed by atoms with Crippen LogP contribution in [0.1, 0.15) is 34.0 Å². The number of carbonyl (C=O) groups excluding carboxylic acids is 1. The molecule has 0 unspecified atom stereocenters. The van der Waals surface area contributed by atoms with Gasteiger partial charge in [-0.3, -0.25) is 0 Å². The number of rotatable bonds is 12. The quantitative estimate of drug-likeness (QED) is 0.0732. The average Bonchev–Trinajstić information content (AvgIpc) is 3.53. The molecule has 0 amide bonds. The molecule has 1 fully saturated rings. The molecule has 50 heavy (non-hydrogen) atoms. The lowest BCUT2D eigenvalue weighted by molar-refractivity contribution is -0.202. The van der Waals surface area contributed by atoms with Crippen LogP contribution in [-0.2, 0) is 24.3 Å². The molecule has 5 aromatic rings. The van der Waals surface area contributed by atoms with Crippen LogP contribution in [0, 0.1) is 0 Å². The molecule has 0 bridgehead atoms. The first kappa shape index (κ1) is 35.4. The van der Waals surface area contributed by atoms with Crippen molar-refractivity contribution in [2.24, 2.45) is 0 Å². The minimum absolute atomic E-state index is 0.271. The highest BCUT2D eigenvalue weighted by atomic mass is 31.2. The monoisotopic (exact) mass is 706 g/mol. The molecule has 0 aromatic heterocycles. The number of carbonyl (C=O) groups is 1. The molecule has 9 heteroatoms. The zero-order valence-electron chi connectivity index (χ0n) is 29.0. The average molecular weight is 707 g/mol. The van der Waals surface area contributed by atoms with Crippen LogP contribution >= 0.6 is 7.14 Å². The van der Waals surface area contributed by atoms with Gasteiger partial charge in [-0.05, 0) is 80.2 Å². The van der Waals surface area contributed by atoms with Crippen molar-refractivity contribution in [2.45, 2.75) is 49.7 Å². The van der Waals surface area contributed by atoms with Crippen LogP contribution in [0.25, 0.3) is 0 Å². The van der Waals surface area contributed by atoms with Gasteiger partial charge in [0.2, 0.25) is 0 Å². The second-order valence-electron chi connectivity index (χ2n) is 13.3. The van der Waals surface area contributed by atoms with E-state index in [0.29, 0.717) is 33.2 Å². The van der Waals surface area contributed by atoms with Crippen LogP contribution in [0.2, 0.25) is 19.6 Å². The van der Waals surface area contributed by atoms with Crippen molar-refractivity contribution in [1.29, 1.82) is 0 Å². The lowest BCUT2D eigenvalue weighted by Gasteiger charge is -2.43. The summed E-state index contributed by atoms with van der Waals surface area (Å²) in [4.78, 5) is 13.8. The largest absolute Gasteiger partial charge is 0.497 e. The van der Waals surface area contributed by atoms with Crippen LogP contribution in [0.3, 0.4) is 0 Å². The van der Waals surface area contributed by atoms with Gasteiger partial charge in [0.25, 0.3) is 0 Å². The van der Waals surface area contributed by atoms with Gasteiger partial charge in [-0.25, -0.2) is 4.79 Å². The SMILES string of the molecule is COc1ccc(C(=O)O[C@@H](c2ccccc2)[C@@H]2C[C@@H](P(=O)(c3ccccc3)c3ccccc3)[C@](O[Si](C)(C)C)(c3ccc(OC)cc3)O2)cc1. The van der Waals surface area contributed by atoms with Crippen molar-refractivity contribution in [3.63, 3.8) is 0 Å². The van der Waals surface area contributed by atoms with Gasteiger partial charge in [-0.2, -0.15) is 0 Å². The van der Waals surface area contributed by atoms with Crippen molar-refractivity contribution in [3.05, 3.63) is 156 Å². The molecule has 6 rings (SSSR count). The highest BCUT2D eigenvalue weighted by Gasteiger charge is 2.62. The molecule has 5 aromatic carbocycles. The first-order valence-electron chi connectivity index (χ1n) is 16.7. The summed E-state index contributed by atoms with van der Waals surface area (Å²) in [6.45, 7) is 6.29. The maximum atomic E-state index is 16.3. The summed E-state index contributed by atoms with van der Waals surface area (Å²) in [6, 6.07) is 43.2. The molecule has 0 spiro atoms. The molecule has 1 aliphatic rings. The van der Waals surface area contributed by atoms with E-state index in [9.17, 15) is 4.79 Å². The Morgan fingerprint density at radius 2 is 1.20 bits per heavy atom. The van der Waals surface area contributed by atoms with E-state index in [1.54, 1.807) is 38.5 Å².